The number of carbonyl (C=O) groups is 1. The van der Waals surface area contributed by atoms with E-state index in [1.807, 2.05) is 11.9 Å². The first-order valence-corrected chi connectivity index (χ1v) is 7.71. The summed E-state index contributed by atoms with van der Waals surface area (Å²) in [7, 11) is 1.85. The summed E-state index contributed by atoms with van der Waals surface area (Å²) in [6, 6.07) is 2.60. The van der Waals surface area contributed by atoms with Crippen molar-refractivity contribution in [2.75, 3.05) is 25.5 Å². The van der Waals surface area contributed by atoms with Gasteiger partial charge in [-0.1, -0.05) is 0 Å². The molecule has 1 saturated heterocycles. The topological polar surface area (TPSA) is 63.6 Å². The summed E-state index contributed by atoms with van der Waals surface area (Å²) in [5, 5.41) is 2.44. The minimum absolute atomic E-state index is 0.0906. The van der Waals surface area contributed by atoms with Gasteiger partial charge in [-0.15, -0.1) is 0 Å². The Morgan fingerprint density at radius 2 is 2.13 bits per heavy atom. The first-order chi connectivity index (χ1) is 10.7. The molecule has 1 fully saturated rings. The van der Waals surface area contributed by atoms with Crippen molar-refractivity contribution in [1.29, 1.82) is 0 Å². The lowest BCUT2D eigenvalue weighted by Crippen LogP contribution is -2.43. The maximum Gasteiger partial charge on any atom is 0.412 e. The van der Waals surface area contributed by atoms with Crippen LogP contribution in [0.5, 0.6) is 0 Å². The third-order valence-corrected chi connectivity index (χ3v) is 3.68. The zero-order valence-corrected chi connectivity index (χ0v) is 14.0. The molecular formula is C16H24FN3O3. The van der Waals surface area contributed by atoms with Crippen LogP contribution in [-0.4, -0.2) is 47.5 Å². The summed E-state index contributed by atoms with van der Waals surface area (Å²) in [4.78, 5) is 26.2. The Hall–Kier alpha value is -1.89. The molecule has 0 spiro atoms. The Kier molecular flexibility index (Phi) is 5.09. The highest BCUT2D eigenvalue weighted by Gasteiger charge is 2.30. The van der Waals surface area contributed by atoms with Crippen molar-refractivity contribution in [3.05, 3.63) is 28.7 Å². The van der Waals surface area contributed by atoms with Gasteiger partial charge in [0.1, 0.15) is 17.5 Å². The van der Waals surface area contributed by atoms with Gasteiger partial charge in [0.05, 0.1) is 6.04 Å². The number of ether oxygens (including phenoxy) is 1. The third kappa shape index (κ3) is 4.54. The van der Waals surface area contributed by atoms with E-state index in [-0.39, 0.29) is 5.69 Å². The van der Waals surface area contributed by atoms with E-state index < -0.39 is 29.5 Å². The van der Waals surface area contributed by atoms with Crippen LogP contribution in [0.15, 0.2) is 23.1 Å². The number of likely N-dealkylation sites (tertiary alicyclic amines) is 1. The molecule has 1 N–H and O–H groups in total. The summed E-state index contributed by atoms with van der Waals surface area (Å²) in [5.41, 5.74) is -0.987. The SMILES string of the molecule is CN1CCC(n2cccc(NC(=O)OC(C)(C)C)c2=O)C(F)C1. The van der Waals surface area contributed by atoms with Gasteiger partial charge in [0.15, 0.2) is 0 Å². The predicted octanol–water partition coefficient (Wildman–Crippen LogP) is 2.41. The zero-order chi connectivity index (χ0) is 17.2. The van der Waals surface area contributed by atoms with Gasteiger partial charge in [0.25, 0.3) is 5.56 Å². The molecule has 1 aliphatic heterocycles. The van der Waals surface area contributed by atoms with Crippen molar-refractivity contribution >= 4 is 11.8 Å². The molecule has 2 unspecified atom stereocenters. The van der Waals surface area contributed by atoms with Gasteiger partial charge >= 0.3 is 6.09 Å². The lowest BCUT2D eigenvalue weighted by atomic mass is 10.0. The Morgan fingerprint density at radius 3 is 2.74 bits per heavy atom. The quantitative estimate of drug-likeness (QED) is 0.907. The number of hydrogen-bond donors (Lipinski definition) is 1. The Morgan fingerprint density at radius 1 is 1.43 bits per heavy atom. The summed E-state index contributed by atoms with van der Waals surface area (Å²) in [6.45, 7) is 6.23. The summed E-state index contributed by atoms with van der Waals surface area (Å²) in [5.74, 6) is 0. The number of nitrogens with zero attached hydrogens (tertiary/aromatic N) is 2. The molecule has 1 aromatic heterocycles. The average Bonchev–Trinajstić information content (AvgIpc) is 2.40. The van der Waals surface area contributed by atoms with Crippen molar-refractivity contribution < 1.29 is 13.9 Å². The lowest BCUT2D eigenvalue weighted by molar-refractivity contribution is 0.0635. The van der Waals surface area contributed by atoms with Crippen LogP contribution in [0, 0.1) is 0 Å². The molecule has 0 bridgehead atoms. The van der Waals surface area contributed by atoms with Gasteiger partial charge in [0, 0.05) is 19.3 Å². The number of pyridine rings is 1. The highest BCUT2D eigenvalue weighted by Crippen LogP contribution is 2.23. The van der Waals surface area contributed by atoms with Gasteiger partial charge in [-0.05, 0) is 46.4 Å². The first-order valence-electron chi connectivity index (χ1n) is 7.71. The maximum atomic E-state index is 14.3. The predicted molar refractivity (Wildman–Crippen MR) is 86.6 cm³/mol. The normalized spacial score (nSPS) is 22.7. The van der Waals surface area contributed by atoms with E-state index in [4.69, 9.17) is 4.74 Å². The van der Waals surface area contributed by atoms with Crippen LogP contribution < -0.4 is 10.9 Å². The molecule has 128 valence electrons. The number of hydrogen-bond acceptors (Lipinski definition) is 4. The smallest absolute Gasteiger partial charge is 0.412 e. The number of piperidine rings is 1. The fourth-order valence-corrected chi connectivity index (χ4v) is 2.64. The summed E-state index contributed by atoms with van der Waals surface area (Å²) < 4.78 is 20.8. The lowest BCUT2D eigenvalue weighted by Gasteiger charge is -2.33. The van der Waals surface area contributed by atoms with E-state index in [0.29, 0.717) is 13.0 Å². The molecule has 2 heterocycles. The molecule has 0 aromatic carbocycles. The Bertz CT molecular complexity index is 624. The Labute approximate surface area is 135 Å². The molecule has 2 rings (SSSR count). The second-order valence-corrected chi connectivity index (χ2v) is 6.90. The maximum absolute atomic E-state index is 14.3. The fourth-order valence-electron chi connectivity index (χ4n) is 2.64. The van der Waals surface area contributed by atoms with Crippen molar-refractivity contribution in [2.45, 2.75) is 45.0 Å². The van der Waals surface area contributed by atoms with Crippen LogP contribution in [0.3, 0.4) is 0 Å². The van der Waals surface area contributed by atoms with Crippen molar-refractivity contribution in [3.8, 4) is 0 Å². The number of rotatable bonds is 2. The van der Waals surface area contributed by atoms with Crippen LogP contribution in [-0.2, 0) is 4.74 Å². The van der Waals surface area contributed by atoms with Gasteiger partial charge in [0.2, 0.25) is 0 Å². The van der Waals surface area contributed by atoms with Crippen molar-refractivity contribution in [1.82, 2.24) is 9.47 Å². The summed E-state index contributed by atoms with van der Waals surface area (Å²) in [6.07, 6.45) is 0.286. The molecule has 23 heavy (non-hydrogen) atoms. The number of anilines is 1. The molecule has 1 amide bonds. The molecule has 7 heteroatoms. The number of nitrogens with one attached hydrogen (secondary N) is 1. The van der Waals surface area contributed by atoms with Gasteiger partial charge < -0.3 is 14.2 Å². The zero-order valence-electron chi connectivity index (χ0n) is 14.0. The van der Waals surface area contributed by atoms with E-state index in [1.165, 1.54) is 10.6 Å². The van der Waals surface area contributed by atoms with E-state index in [0.717, 1.165) is 6.54 Å². The number of halogens is 1. The molecule has 0 saturated carbocycles. The molecule has 1 aliphatic rings. The fraction of sp³-hybridized carbons (Fsp3) is 0.625. The molecule has 2 atom stereocenters. The standard InChI is InChI=1S/C16H24FN3O3/c1-16(2,3)23-15(22)18-12-6-5-8-20(14(12)21)13-7-9-19(4)10-11(13)17/h5-6,8,11,13H,7,9-10H2,1-4H3,(H,18,22). The highest BCUT2D eigenvalue weighted by atomic mass is 19.1. The number of amides is 1. The van der Waals surface area contributed by atoms with Crippen LogP contribution >= 0.6 is 0 Å². The molecule has 1 aromatic rings. The van der Waals surface area contributed by atoms with Crippen LogP contribution in [0.25, 0.3) is 0 Å². The van der Waals surface area contributed by atoms with Crippen molar-refractivity contribution in [3.63, 3.8) is 0 Å². The minimum Gasteiger partial charge on any atom is -0.444 e. The molecular weight excluding hydrogens is 301 g/mol. The average molecular weight is 325 g/mol. The molecule has 0 radical (unpaired) electrons. The molecule has 0 aliphatic carbocycles. The second kappa shape index (κ2) is 6.70. The first kappa shape index (κ1) is 17.5. The van der Waals surface area contributed by atoms with Crippen LogP contribution in [0.2, 0.25) is 0 Å². The minimum atomic E-state index is -1.12. The van der Waals surface area contributed by atoms with E-state index in [9.17, 15) is 14.0 Å². The summed E-state index contributed by atoms with van der Waals surface area (Å²) >= 11 is 0. The number of aromatic nitrogens is 1. The van der Waals surface area contributed by atoms with Crippen LogP contribution in [0.1, 0.15) is 33.2 Å². The van der Waals surface area contributed by atoms with Crippen molar-refractivity contribution in [2.24, 2.45) is 0 Å². The van der Waals surface area contributed by atoms with Gasteiger partial charge in [-0.25, -0.2) is 9.18 Å². The highest BCUT2D eigenvalue weighted by molar-refractivity contribution is 5.84. The number of carbonyl (C=O) groups excluding carboxylic acids is 1. The monoisotopic (exact) mass is 325 g/mol. The third-order valence-electron chi connectivity index (χ3n) is 3.68. The largest absolute Gasteiger partial charge is 0.444 e. The van der Waals surface area contributed by atoms with Gasteiger partial charge in [-0.3, -0.25) is 10.1 Å². The van der Waals surface area contributed by atoms with Gasteiger partial charge in [-0.2, -0.15) is 0 Å². The molecule has 6 nitrogen and oxygen atoms in total. The van der Waals surface area contributed by atoms with E-state index in [1.54, 1.807) is 33.0 Å². The Balaban J connectivity index is 2.18. The van der Waals surface area contributed by atoms with E-state index >= 15 is 0 Å². The van der Waals surface area contributed by atoms with Crippen LogP contribution in [0.4, 0.5) is 14.9 Å². The number of alkyl halides is 1. The second-order valence-electron chi connectivity index (χ2n) is 6.90. The van der Waals surface area contributed by atoms with E-state index in [2.05, 4.69) is 5.32 Å².